The lowest BCUT2D eigenvalue weighted by atomic mass is 10.2. The third kappa shape index (κ3) is 3.15. The van der Waals surface area contributed by atoms with Crippen LogP contribution in [0.15, 0.2) is 24.3 Å². The average Bonchev–Trinajstić information content (AvgIpc) is 2.15. The second-order valence-electron chi connectivity index (χ2n) is 2.86. The van der Waals surface area contributed by atoms with Crippen LogP contribution in [0, 0.1) is 0 Å². The molecule has 0 aromatic heterocycles. The van der Waals surface area contributed by atoms with E-state index in [4.69, 9.17) is 0 Å². The molecule has 13 heavy (non-hydrogen) atoms. The Morgan fingerprint density at radius 3 is 2.38 bits per heavy atom. The Labute approximate surface area is 78.2 Å². The average molecular weight is 178 g/mol. The molecule has 0 atom stereocenters. The van der Waals surface area contributed by atoms with Crippen molar-refractivity contribution in [3.63, 3.8) is 0 Å². The molecule has 0 radical (unpaired) electrons. The maximum Gasteiger partial charge on any atom is 0.217 e. The van der Waals surface area contributed by atoms with Crippen molar-refractivity contribution in [3.05, 3.63) is 29.8 Å². The van der Waals surface area contributed by atoms with E-state index in [1.165, 1.54) is 6.92 Å². The van der Waals surface area contributed by atoms with Crippen molar-refractivity contribution in [3.8, 4) is 0 Å². The highest BCUT2D eigenvalue weighted by Crippen LogP contribution is 2.07. The van der Waals surface area contributed by atoms with Gasteiger partial charge in [-0.3, -0.25) is 4.79 Å². The molecular weight excluding hydrogens is 164 g/mol. The Kier molecular flexibility index (Phi) is 3.31. The zero-order valence-electron chi connectivity index (χ0n) is 7.92. The SMILES string of the molecule is CNc1ccc(CNC(C)=O)cc1. The molecule has 0 fully saturated rings. The van der Waals surface area contributed by atoms with E-state index in [9.17, 15) is 4.79 Å². The molecule has 1 rings (SSSR count). The van der Waals surface area contributed by atoms with Crippen LogP contribution in [0.2, 0.25) is 0 Å². The second-order valence-corrected chi connectivity index (χ2v) is 2.86. The Balaban J connectivity index is 2.54. The summed E-state index contributed by atoms with van der Waals surface area (Å²) in [5, 5.41) is 5.77. The summed E-state index contributed by atoms with van der Waals surface area (Å²) in [5.74, 6) is -0.00214. The summed E-state index contributed by atoms with van der Waals surface area (Å²) in [6, 6.07) is 7.94. The van der Waals surface area contributed by atoms with Gasteiger partial charge in [0.15, 0.2) is 0 Å². The smallest absolute Gasteiger partial charge is 0.217 e. The molecule has 0 aliphatic carbocycles. The molecule has 0 aliphatic heterocycles. The maximum absolute atomic E-state index is 10.6. The fourth-order valence-corrected chi connectivity index (χ4v) is 1.02. The molecule has 3 nitrogen and oxygen atoms in total. The number of rotatable bonds is 3. The van der Waals surface area contributed by atoms with Crippen LogP contribution < -0.4 is 10.6 Å². The first-order valence-corrected chi connectivity index (χ1v) is 4.23. The van der Waals surface area contributed by atoms with Crippen LogP contribution in [0.3, 0.4) is 0 Å². The van der Waals surface area contributed by atoms with E-state index in [1.54, 1.807) is 0 Å². The van der Waals surface area contributed by atoms with Crippen molar-refractivity contribution in [1.29, 1.82) is 0 Å². The van der Waals surface area contributed by atoms with Gasteiger partial charge in [0.25, 0.3) is 0 Å². The fourth-order valence-electron chi connectivity index (χ4n) is 1.02. The lowest BCUT2D eigenvalue weighted by Gasteiger charge is -2.03. The van der Waals surface area contributed by atoms with Gasteiger partial charge in [0.2, 0.25) is 5.91 Å². The van der Waals surface area contributed by atoms with Crippen molar-refractivity contribution in [2.75, 3.05) is 12.4 Å². The number of hydrogen-bond acceptors (Lipinski definition) is 2. The molecule has 1 aromatic carbocycles. The molecule has 2 N–H and O–H groups in total. The quantitative estimate of drug-likeness (QED) is 0.733. The number of hydrogen-bond donors (Lipinski definition) is 2. The van der Waals surface area contributed by atoms with Crippen LogP contribution in [-0.4, -0.2) is 13.0 Å². The Morgan fingerprint density at radius 1 is 1.31 bits per heavy atom. The zero-order valence-corrected chi connectivity index (χ0v) is 7.92. The first kappa shape index (κ1) is 9.58. The van der Waals surface area contributed by atoms with Gasteiger partial charge in [-0.1, -0.05) is 12.1 Å². The highest BCUT2D eigenvalue weighted by atomic mass is 16.1. The molecule has 0 saturated carbocycles. The molecule has 3 heteroatoms. The molecule has 1 amide bonds. The van der Waals surface area contributed by atoms with E-state index in [-0.39, 0.29) is 5.91 Å². The standard InChI is InChI=1S/C10H14N2O/c1-8(13)12-7-9-3-5-10(11-2)6-4-9/h3-6,11H,7H2,1-2H3,(H,12,13). The van der Waals surface area contributed by atoms with Crippen LogP contribution in [0.25, 0.3) is 0 Å². The number of benzene rings is 1. The third-order valence-corrected chi connectivity index (χ3v) is 1.78. The highest BCUT2D eigenvalue weighted by molar-refractivity contribution is 5.72. The minimum absolute atomic E-state index is 0.00214. The summed E-state index contributed by atoms with van der Waals surface area (Å²) in [7, 11) is 1.88. The van der Waals surface area contributed by atoms with Gasteiger partial charge in [0.1, 0.15) is 0 Å². The first-order chi connectivity index (χ1) is 6.22. The van der Waals surface area contributed by atoms with Crippen LogP contribution >= 0.6 is 0 Å². The fraction of sp³-hybridized carbons (Fsp3) is 0.300. The van der Waals surface area contributed by atoms with Gasteiger partial charge in [0.05, 0.1) is 0 Å². The molecular formula is C10H14N2O. The lowest BCUT2D eigenvalue weighted by molar-refractivity contribution is -0.119. The van der Waals surface area contributed by atoms with Crippen LogP contribution in [0.1, 0.15) is 12.5 Å². The minimum atomic E-state index is -0.00214. The molecule has 0 spiro atoms. The highest BCUT2D eigenvalue weighted by Gasteiger charge is 1.94. The first-order valence-electron chi connectivity index (χ1n) is 4.23. The van der Waals surface area contributed by atoms with E-state index in [0.29, 0.717) is 6.54 Å². The normalized spacial score (nSPS) is 9.38. The summed E-state index contributed by atoms with van der Waals surface area (Å²) in [6.45, 7) is 2.11. The number of amides is 1. The molecule has 0 saturated heterocycles. The topological polar surface area (TPSA) is 41.1 Å². The van der Waals surface area contributed by atoms with Gasteiger partial charge < -0.3 is 10.6 Å². The molecule has 0 heterocycles. The van der Waals surface area contributed by atoms with E-state index in [1.807, 2.05) is 31.3 Å². The number of carbonyl (C=O) groups excluding carboxylic acids is 1. The molecule has 1 aromatic rings. The van der Waals surface area contributed by atoms with Gasteiger partial charge in [-0.15, -0.1) is 0 Å². The van der Waals surface area contributed by atoms with E-state index in [2.05, 4.69) is 10.6 Å². The van der Waals surface area contributed by atoms with Gasteiger partial charge >= 0.3 is 0 Å². The number of carbonyl (C=O) groups is 1. The monoisotopic (exact) mass is 178 g/mol. The van der Waals surface area contributed by atoms with E-state index < -0.39 is 0 Å². The molecule has 70 valence electrons. The van der Waals surface area contributed by atoms with Gasteiger partial charge in [-0.2, -0.15) is 0 Å². The largest absolute Gasteiger partial charge is 0.388 e. The summed E-state index contributed by atoms with van der Waals surface area (Å²) in [4.78, 5) is 10.6. The number of anilines is 1. The molecule has 0 aliphatic rings. The van der Waals surface area contributed by atoms with Crippen LogP contribution in [0.4, 0.5) is 5.69 Å². The van der Waals surface area contributed by atoms with Gasteiger partial charge in [0, 0.05) is 26.2 Å². The summed E-state index contributed by atoms with van der Waals surface area (Å²) < 4.78 is 0. The molecule has 0 unspecified atom stereocenters. The van der Waals surface area contributed by atoms with E-state index >= 15 is 0 Å². The number of nitrogens with one attached hydrogen (secondary N) is 2. The predicted octanol–water partition coefficient (Wildman–Crippen LogP) is 1.36. The van der Waals surface area contributed by atoms with Crippen molar-refractivity contribution in [1.82, 2.24) is 5.32 Å². The minimum Gasteiger partial charge on any atom is -0.388 e. The van der Waals surface area contributed by atoms with Crippen molar-refractivity contribution < 1.29 is 4.79 Å². The Hall–Kier alpha value is -1.51. The van der Waals surface area contributed by atoms with Gasteiger partial charge in [-0.25, -0.2) is 0 Å². The van der Waals surface area contributed by atoms with Crippen molar-refractivity contribution >= 4 is 11.6 Å². The third-order valence-electron chi connectivity index (χ3n) is 1.78. The van der Waals surface area contributed by atoms with Crippen molar-refractivity contribution in [2.24, 2.45) is 0 Å². The molecule has 0 bridgehead atoms. The Bertz CT molecular complexity index is 279. The summed E-state index contributed by atoms with van der Waals surface area (Å²) >= 11 is 0. The maximum atomic E-state index is 10.6. The van der Waals surface area contributed by atoms with E-state index in [0.717, 1.165) is 11.3 Å². The second kappa shape index (κ2) is 4.50. The van der Waals surface area contributed by atoms with Crippen molar-refractivity contribution in [2.45, 2.75) is 13.5 Å². The predicted molar refractivity (Wildman–Crippen MR) is 53.5 cm³/mol. The van der Waals surface area contributed by atoms with Crippen LogP contribution in [-0.2, 0) is 11.3 Å². The zero-order chi connectivity index (χ0) is 9.68. The summed E-state index contributed by atoms with van der Waals surface area (Å²) in [5.41, 5.74) is 2.18. The summed E-state index contributed by atoms with van der Waals surface area (Å²) in [6.07, 6.45) is 0. The lowest BCUT2D eigenvalue weighted by Crippen LogP contribution is -2.18. The van der Waals surface area contributed by atoms with Gasteiger partial charge in [-0.05, 0) is 17.7 Å². The van der Waals surface area contributed by atoms with Crippen LogP contribution in [0.5, 0.6) is 0 Å². The Morgan fingerprint density at radius 2 is 1.92 bits per heavy atom.